The number of alkyl carbamates (subject to hydrolysis) is 1. The number of carboxylic acid groups (broad SMARTS) is 2. The van der Waals surface area contributed by atoms with Gasteiger partial charge in [-0.2, -0.15) is 0 Å². The van der Waals surface area contributed by atoms with Crippen LogP contribution >= 0.6 is 0 Å². The maximum absolute atomic E-state index is 11.2. The zero-order valence-corrected chi connectivity index (χ0v) is 13.0. The third-order valence-electron chi connectivity index (χ3n) is 1.96. The Morgan fingerprint density at radius 1 is 1.23 bits per heavy atom. The molecule has 0 aliphatic rings. The van der Waals surface area contributed by atoms with Crippen molar-refractivity contribution in [2.75, 3.05) is 13.7 Å². The normalized spacial score (nSPS) is 10.0. The molecule has 4 N–H and O–H groups in total. The second kappa shape index (κ2) is 18.8. The lowest BCUT2D eigenvalue weighted by atomic mass is 10.1. The minimum atomic E-state index is -0.931. The van der Waals surface area contributed by atoms with Gasteiger partial charge in [-0.05, 0) is 18.8 Å². The van der Waals surface area contributed by atoms with Crippen molar-refractivity contribution < 1.29 is 39.2 Å². The van der Waals surface area contributed by atoms with Gasteiger partial charge in [0.15, 0.2) is 0 Å². The summed E-state index contributed by atoms with van der Waals surface area (Å²) in [5.74, 6) is -0.642. The maximum Gasteiger partial charge on any atom is 0.407 e. The van der Waals surface area contributed by atoms with Crippen molar-refractivity contribution >= 4 is 24.8 Å². The molecule has 1 atom stereocenters. The monoisotopic (exact) mass is 323 g/mol. The van der Waals surface area contributed by atoms with E-state index < -0.39 is 18.1 Å². The molecule has 1 unspecified atom stereocenters. The van der Waals surface area contributed by atoms with Crippen LogP contribution < -0.4 is 5.32 Å². The molecule has 0 fully saturated rings. The first-order valence-electron chi connectivity index (χ1n) is 6.50. The molecule has 0 bridgehead atoms. The van der Waals surface area contributed by atoms with Crippen LogP contribution in [0.5, 0.6) is 0 Å². The summed E-state index contributed by atoms with van der Waals surface area (Å²) in [4.78, 5) is 40.4. The van der Waals surface area contributed by atoms with Gasteiger partial charge < -0.3 is 30.2 Å². The fourth-order valence-corrected chi connectivity index (χ4v) is 1.24. The number of amides is 1. The third-order valence-corrected chi connectivity index (χ3v) is 1.96. The number of aliphatic hydroxyl groups is 1. The minimum Gasteiger partial charge on any atom is -0.483 e. The summed E-state index contributed by atoms with van der Waals surface area (Å²) in [6.07, 6.45) is 0.745. The van der Waals surface area contributed by atoms with Crippen LogP contribution in [0.4, 0.5) is 4.79 Å². The van der Waals surface area contributed by atoms with Crippen LogP contribution in [0.1, 0.15) is 33.1 Å². The average Bonchev–Trinajstić information content (AvgIpc) is 2.45. The Bertz CT molecular complexity index is 306. The van der Waals surface area contributed by atoms with E-state index in [1.54, 1.807) is 0 Å². The Hall–Kier alpha value is -2.16. The lowest BCUT2D eigenvalue weighted by molar-refractivity contribution is -0.137. The van der Waals surface area contributed by atoms with Crippen molar-refractivity contribution in [3.63, 3.8) is 0 Å². The number of aliphatic hydroxyl groups excluding tert-OH is 1. The van der Waals surface area contributed by atoms with Crippen LogP contribution in [-0.2, 0) is 19.1 Å². The summed E-state index contributed by atoms with van der Waals surface area (Å²) in [5, 5.41) is 24.7. The summed E-state index contributed by atoms with van der Waals surface area (Å²) in [7, 11) is 1.00. The summed E-state index contributed by atoms with van der Waals surface area (Å²) >= 11 is 0. The zero-order valence-electron chi connectivity index (χ0n) is 13.0. The number of ether oxygens (including phenoxy) is 1. The highest BCUT2D eigenvalue weighted by atomic mass is 16.5. The predicted molar refractivity (Wildman–Crippen MR) is 77.5 cm³/mol. The quantitative estimate of drug-likeness (QED) is 0.372. The SMILES string of the molecule is CC(C)CC(C=O)NC(=O)OCCCC(=O)O.CO.O=CO. The lowest BCUT2D eigenvalue weighted by Gasteiger charge is -2.14. The van der Waals surface area contributed by atoms with Crippen LogP contribution in [-0.4, -0.2) is 59.9 Å². The molecule has 0 radical (unpaired) electrons. The van der Waals surface area contributed by atoms with Gasteiger partial charge in [-0.25, -0.2) is 4.79 Å². The molecule has 9 nitrogen and oxygen atoms in total. The summed E-state index contributed by atoms with van der Waals surface area (Å²) in [5.41, 5.74) is 0. The van der Waals surface area contributed by atoms with Gasteiger partial charge in [-0.1, -0.05) is 13.8 Å². The highest BCUT2D eigenvalue weighted by Crippen LogP contribution is 2.03. The molecule has 1 amide bonds. The van der Waals surface area contributed by atoms with E-state index >= 15 is 0 Å². The van der Waals surface area contributed by atoms with E-state index in [-0.39, 0.29) is 31.8 Å². The average molecular weight is 323 g/mol. The van der Waals surface area contributed by atoms with Crippen molar-refractivity contribution in [2.24, 2.45) is 5.92 Å². The number of aldehydes is 1. The van der Waals surface area contributed by atoms with Crippen LogP contribution in [0.2, 0.25) is 0 Å². The van der Waals surface area contributed by atoms with Crippen LogP contribution in [0.3, 0.4) is 0 Å². The Labute approximate surface area is 129 Å². The van der Waals surface area contributed by atoms with E-state index in [2.05, 4.69) is 5.32 Å². The van der Waals surface area contributed by atoms with Crippen molar-refractivity contribution in [1.29, 1.82) is 0 Å². The van der Waals surface area contributed by atoms with Crippen molar-refractivity contribution in [2.45, 2.75) is 39.2 Å². The van der Waals surface area contributed by atoms with Gasteiger partial charge in [0.1, 0.15) is 6.29 Å². The maximum atomic E-state index is 11.2. The summed E-state index contributed by atoms with van der Waals surface area (Å²) in [6, 6.07) is -0.554. The first-order valence-corrected chi connectivity index (χ1v) is 6.50. The highest BCUT2D eigenvalue weighted by Gasteiger charge is 2.13. The van der Waals surface area contributed by atoms with Gasteiger partial charge in [-0.15, -0.1) is 0 Å². The fraction of sp³-hybridized carbons (Fsp3) is 0.692. The topological polar surface area (TPSA) is 150 Å². The molecule has 0 aromatic carbocycles. The van der Waals surface area contributed by atoms with Crippen molar-refractivity contribution in [1.82, 2.24) is 5.32 Å². The standard InChI is InChI=1S/C11H19NO5.CH2O2.CH4O/c1-8(2)6-9(7-13)12-11(16)17-5-3-4-10(14)15;2-1-3;1-2/h7-9H,3-6H2,1-2H3,(H,12,16)(H,14,15);1H,(H,2,3);2H,1H3. The van der Waals surface area contributed by atoms with E-state index in [1.165, 1.54) is 0 Å². The molecule has 0 saturated carbocycles. The second-order valence-electron chi connectivity index (χ2n) is 4.26. The molecule has 0 aliphatic heterocycles. The van der Waals surface area contributed by atoms with Crippen LogP contribution in [0.25, 0.3) is 0 Å². The second-order valence-corrected chi connectivity index (χ2v) is 4.26. The Balaban J connectivity index is -0.000000637. The van der Waals surface area contributed by atoms with Gasteiger partial charge in [0.2, 0.25) is 0 Å². The first kappa shape index (κ1) is 24.8. The molecular formula is C13H25NO8. The molecule has 0 saturated heterocycles. The number of hydrogen-bond donors (Lipinski definition) is 4. The molecule has 130 valence electrons. The lowest BCUT2D eigenvalue weighted by Crippen LogP contribution is -2.37. The van der Waals surface area contributed by atoms with E-state index in [4.69, 9.17) is 24.9 Å². The number of carbonyl (C=O) groups is 4. The number of aliphatic carboxylic acids is 1. The van der Waals surface area contributed by atoms with E-state index in [1.807, 2.05) is 13.8 Å². The molecular weight excluding hydrogens is 298 g/mol. The Morgan fingerprint density at radius 3 is 2.09 bits per heavy atom. The number of hydrogen-bond acceptors (Lipinski definition) is 6. The zero-order chi connectivity index (χ0) is 18.0. The number of nitrogens with one attached hydrogen (secondary N) is 1. The van der Waals surface area contributed by atoms with E-state index in [9.17, 15) is 14.4 Å². The minimum absolute atomic E-state index is 0.0331. The van der Waals surface area contributed by atoms with E-state index in [0.29, 0.717) is 12.7 Å². The van der Waals surface area contributed by atoms with Gasteiger partial charge in [0, 0.05) is 13.5 Å². The van der Waals surface area contributed by atoms with Gasteiger partial charge >= 0.3 is 12.1 Å². The molecule has 0 aliphatic carbocycles. The molecule has 0 spiro atoms. The smallest absolute Gasteiger partial charge is 0.407 e. The summed E-state index contributed by atoms with van der Waals surface area (Å²) in [6.45, 7) is 3.66. The number of carboxylic acids is 1. The van der Waals surface area contributed by atoms with Crippen LogP contribution in [0.15, 0.2) is 0 Å². The first-order chi connectivity index (χ1) is 10.4. The fourth-order valence-electron chi connectivity index (χ4n) is 1.24. The Morgan fingerprint density at radius 2 is 1.73 bits per heavy atom. The molecule has 22 heavy (non-hydrogen) atoms. The Kier molecular flexibility index (Phi) is 21.3. The molecule has 0 heterocycles. The van der Waals surface area contributed by atoms with Gasteiger partial charge in [0.25, 0.3) is 6.47 Å². The van der Waals surface area contributed by atoms with E-state index in [0.717, 1.165) is 7.11 Å². The van der Waals surface area contributed by atoms with Gasteiger partial charge in [0.05, 0.1) is 12.6 Å². The van der Waals surface area contributed by atoms with Crippen LogP contribution in [0, 0.1) is 5.92 Å². The predicted octanol–water partition coefficient (Wildman–Crippen LogP) is 0.500. The van der Waals surface area contributed by atoms with Crippen molar-refractivity contribution in [3.8, 4) is 0 Å². The summed E-state index contributed by atoms with van der Waals surface area (Å²) < 4.78 is 4.73. The molecule has 9 heteroatoms. The molecule has 0 aromatic rings. The van der Waals surface area contributed by atoms with Crippen molar-refractivity contribution in [3.05, 3.63) is 0 Å². The molecule has 0 rings (SSSR count). The highest BCUT2D eigenvalue weighted by molar-refractivity contribution is 5.73. The third kappa shape index (κ3) is 23.0. The largest absolute Gasteiger partial charge is 0.483 e. The number of carbonyl (C=O) groups excluding carboxylic acids is 2. The van der Waals surface area contributed by atoms with Gasteiger partial charge in [-0.3, -0.25) is 9.59 Å². The number of rotatable bonds is 8. The molecule has 0 aromatic heterocycles.